The van der Waals surface area contributed by atoms with Gasteiger partial charge in [-0.1, -0.05) is 13.8 Å². The maximum atomic E-state index is 12.3. The molecule has 0 spiro atoms. The van der Waals surface area contributed by atoms with Crippen LogP contribution < -0.4 is 10.2 Å². The van der Waals surface area contributed by atoms with Gasteiger partial charge in [0.1, 0.15) is 0 Å². The Hall–Kier alpha value is -1.84. The molecule has 0 saturated heterocycles. The molecule has 2 rings (SSSR count). The summed E-state index contributed by atoms with van der Waals surface area (Å²) in [5, 5.41) is 2.97. The SMILES string of the molecule is CCC(CC)C(=O)Nc1ccc2c(c1)C(C)(C)C(=O)N2C. The zero-order valence-corrected chi connectivity index (χ0v) is 13.5. The number of anilines is 2. The zero-order valence-electron chi connectivity index (χ0n) is 13.5. The molecule has 1 aliphatic heterocycles. The summed E-state index contributed by atoms with van der Waals surface area (Å²) in [4.78, 5) is 26.1. The number of nitrogens with one attached hydrogen (secondary N) is 1. The highest BCUT2D eigenvalue weighted by molar-refractivity contribution is 6.07. The monoisotopic (exact) mass is 288 g/mol. The van der Waals surface area contributed by atoms with Crippen molar-refractivity contribution in [1.82, 2.24) is 0 Å². The van der Waals surface area contributed by atoms with Crippen molar-refractivity contribution < 1.29 is 9.59 Å². The maximum absolute atomic E-state index is 12.3. The highest BCUT2D eigenvalue weighted by Gasteiger charge is 2.42. The summed E-state index contributed by atoms with van der Waals surface area (Å²) in [5.41, 5.74) is 2.12. The van der Waals surface area contributed by atoms with E-state index in [-0.39, 0.29) is 17.7 Å². The van der Waals surface area contributed by atoms with Gasteiger partial charge in [0.2, 0.25) is 11.8 Å². The Bertz CT molecular complexity index is 574. The van der Waals surface area contributed by atoms with Gasteiger partial charge in [0, 0.05) is 24.3 Å². The van der Waals surface area contributed by atoms with E-state index in [0.717, 1.165) is 29.8 Å². The molecule has 114 valence electrons. The molecule has 21 heavy (non-hydrogen) atoms. The summed E-state index contributed by atoms with van der Waals surface area (Å²) in [7, 11) is 1.79. The number of carbonyl (C=O) groups is 2. The van der Waals surface area contributed by atoms with Gasteiger partial charge in [-0.2, -0.15) is 0 Å². The normalized spacial score (nSPS) is 16.3. The van der Waals surface area contributed by atoms with Gasteiger partial charge in [0.15, 0.2) is 0 Å². The van der Waals surface area contributed by atoms with Crippen molar-refractivity contribution in [3.05, 3.63) is 23.8 Å². The third-order valence-electron chi connectivity index (χ3n) is 4.49. The Morgan fingerprint density at radius 1 is 1.29 bits per heavy atom. The molecule has 4 heteroatoms. The van der Waals surface area contributed by atoms with Crippen molar-refractivity contribution >= 4 is 23.2 Å². The predicted molar refractivity (Wildman–Crippen MR) is 85.6 cm³/mol. The van der Waals surface area contributed by atoms with Crippen LogP contribution in [-0.4, -0.2) is 18.9 Å². The first-order valence-electron chi connectivity index (χ1n) is 7.56. The Morgan fingerprint density at radius 2 is 1.90 bits per heavy atom. The first-order chi connectivity index (χ1) is 9.82. The second kappa shape index (κ2) is 5.51. The van der Waals surface area contributed by atoms with Crippen LogP contribution in [0.1, 0.15) is 46.1 Å². The first-order valence-corrected chi connectivity index (χ1v) is 7.56. The summed E-state index contributed by atoms with van der Waals surface area (Å²) in [6.07, 6.45) is 1.67. The minimum Gasteiger partial charge on any atom is -0.326 e. The van der Waals surface area contributed by atoms with Crippen LogP contribution in [0.5, 0.6) is 0 Å². The van der Waals surface area contributed by atoms with Gasteiger partial charge >= 0.3 is 0 Å². The minimum atomic E-state index is -0.542. The lowest BCUT2D eigenvalue weighted by Crippen LogP contribution is -2.33. The Kier molecular flexibility index (Phi) is 4.08. The van der Waals surface area contributed by atoms with E-state index in [2.05, 4.69) is 5.32 Å². The highest BCUT2D eigenvalue weighted by Crippen LogP contribution is 2.41. The quantitative estimate of drug-likeness (QED) is 0.924. The van der Waals surface area contributed by atoms with E-state index in [1.165, 1.54) is 0 Å². The van der Waals surface area contributed by atoms with Crippen LogP contribution in [0.25, 0.3) is 0 Å². The third-order valence-corrected chi connectivity index (χ3v) is 4.49. The van der Waals surface area contributed by atoms with Gasteiger partial charge in [0.25, 0.3) is 0 Å². The second-order valence-corrected chi connectivity index (χ2v) is 6.22. The van der Waals surface area contributed by atoms with Crippen LogP contribution in [-0.2, 0) is 15.0 Å². The summed E-state index contributed by atoms with van der Waals surface area (Å²) >= 11 is 0. The molecule has 1 heterocycles. The van der Waals surface area contributed by atoms with Crippen LogP contribution in [0.4, 0.5) is 11.4 Å². The molecule has 0 saturated carbocycles. The number of nitrogens with zero attached hydrogens (tertiary/aromatic N) is 1. The van der Waals surface area contributed by atoms with E-state index in [9.17, 15) is 9.59 Å². The van der Waals surface area contributed by atoms with E-state index in [1.807, 2.05) is 45.9 Å². The van der Waals surface area contributed by atoms with E-state index >= 15 is 0 Å². The number of amides is 2. The lowest BCUT2D eigenvalue weighted by atomic mass is 9.86. The molecular formula is C17H24N2O2. The smallest absolute Gasteiger partial charge is 0.236 e. The molecule has 2 amide bonds. The summed E-state index contributed by atoms with van der Waals surface area (Å²) in [5.74, 6) is 0.173. The van der Waals surface area contributed by atoms with Crippen molar-refractivity contribution in [1.29, 1.82) is 0 Å². The number of fused-ring (bicyclic) bond motifs is 1. The summed E-state index contributed by atoms with van der Waals surface area (Å²) in [6, 6.07) is 5.70. The van der Waals surface area contributed by atoms with Crippen LogP contribution in [0, 0.1) is 5.92 Å². The highest BCUT2D eigenvalue weighted by atomic mass is 16.2. The molecule has 1 aromatic carbocycles. The van der Waals surface area contributed by atoms with Gasteiger partial charge < -0.3 is 10.2 Å². The second-order valence-electron chi connectivity index (χ2n) is 6.22. The van der Waals surface area contributed by atoms with E-state index in [1.54, 1.807) is 11.9 Å². The van der Waals surface area contributed by atoms with Crippen LogP contribution in [0.3, 0.4) is 0 Å². The number of hydrogen-bond acceptors (Lipinski definition) is 2. The van der Waals surface area contributed by atoms with E-state index in [0.29, 0.717) is 0 Å². The van der Waals surface area contributed by atoms with Crippen molar-refractivity contribution in [2.75, 3.05) is 17.3 Å². The van der Waals surface area contributed by atoms with Crippen molar-refractivity contribution in [3.8, 4) is 0 Å². The molecule has 0 atom stereocenters. The third kappa shape index (κ3) is 2.55. The van der Waals surface area contributed by atoms with E-state index < -0.39 is 5.41 Å². The van der Waals surface area contributed by atoms with Crippen molar-refractivity contribution in [2.45, 2.75) is 46.0 Å². The van der Waals surface area contributed by atoms with Crippen molar-refractivity contribution in [3.63, 3.8) is 0 Å². The Morgan fingerprint density at radius 3 is 2.48 bits per heavy atom. The Labute approximate surface area is 126 Å². The van der Waals surface area contributed by atoms with Gasteiger partial charge in [-0.3, -0.25) is 9.59 Å². The van der Waals surface area contributed by atoms with Crippen LogP contribution >= 0.6 is 0 Å². The van der Waals surface area contributed by atoms with E-state index in [4.69, 9.17) is 0 Å². The van der Waals surface area contributed by atoms with Crippen LogP contribution in [0.2, 0.25) is 0 Å². The number of carbonyl (C=O) groups excluding carboxylic acids is 2. The van der Waals surface area contributed by atoms with Crippen LogP contribution in [0.15, 0.2) is 18.2 Å². The van der Waals surface area contributed by atoms with Gasteiger partial charge in [0.05, 0.1) is 5.41 Å². The molecular weight excluding hydrogens is 264 g/mol. The lowest BCUT2D eigenvalue weighted by molar-refractivity contribution is -0.122. The number of rotatable bonds is 4. The molecule has 1 aromatic rings. The number of benzene rings is 1. The van der Waals surface area contributed by atoms with Gasteiger partial charge in [-0.25, -0.2) is 0 Å². The molecule has 4 nitrogen and oxygen atoms in total. The van der Waals surface area contributed by atoms with Gasteiger partial charge in [-0.05, 0) is 50.5 Å². The first kappa shape index (κ1) is 15.5. The molecule has 0 aliphatic carbocycles. The molecule has 0 radical (unpaired) electrons. The van der Waals surface area contributed by atoms with Gasteiger partial charge in [-0.15, -0.1) is 0 Å². The molecule has 0 bridgehead atoms. The minimum absolute atomic E-state index is 0.0376. The Balaban J connectivity index is 2.29. The number of likely N-dealkylation sites (N-methyl/N-ethyl adjacent to an activating group) is 1. The molecule has 1 N–H and O–H groups in total. The van der Waals surface area contributed by atoms with Crippen molar-refractivity contribution in [2.24, 2.45) is 5.92 Å². The lowest BCUT2D eigenvalue weighted by Gasteiger charge is -2.17. The molecule has 0 fully saturated rings. The summed E-state index contributed by atoms with van der Waals surface area (Å²) < 4.78 is 0. The fourth-order valence-electron chi connectivity index (χ4n) is 2.95. The molecule has 0 aromatic heterocycles. The molecule has 1 aliphatic rings. The topological polar surface area (TPSA) is 49.4 Å². The summed E-state index contributed by atoms with van der Waals surface area (Å²) in [6.45, 7) is 7.88. The fraction of sp³-hybridized carbons (Fsp3) is 0.529. The predicted octanol–water partition coefficient (Wildman–Crippen LogP) is 3.32. The zero-order chi connectivity index (χ0) is 15.8. The maximum Gasteiger partial charge on any atom is 0.236 e. The number of hydrogen-bond donors (Lipinski definition) is 1. The standard InChI is InChI=1S/C17H24N2O2/c1-6-11(7-2)15(20)18-12-8-9-14-13(10-12)17(3,4)16(21)19(14)5/h8-11H,6-7H2,1-5H3,(H,18,20). The molecule has 0 unspecified atom stereocenters. The largest absolute Gasteiger partial charge is 0.326 e. The average molecular weight is 288 g/mol. The average Bonchev–Trinajstić information content (AvgIpc) is 2.62. The fourth-order valence-corrected chi connectivity index (χ4v) is 2.95.